The van der Waals surface area contributed by atoms with Crippen molar-refractivity contribution < 1.29 is 0 Å². The Hall–Kier alpha value is -1.09. The number of nitrogens with two attached hydrogens (primary N) is 1. The normalized spacial score (nSPS) is 22.0. The number of rotatable bonds is 4. The van der Waals surface area contributed by atoms with Crippen LogP contribution in [0.3, 0.4) is 0 Å². The average Bonchev–Trinajstić information content (AvgIpc) is 2.78. The molecule has 0 saturated heterocycles. The van der Waals surface area contributed by atoms with E-state index in [4.69, 9.17) is 5.73 Å². The fourth-order valence-corrected chi connectivity index (χ4v) is 2.57. The lowest BCUT2D eigenvalue weighted by Crippen LogP contribution is -2.20. The molecule has 94 valence electrons. The van der Waals surface area contributed by atoms with Crippen LogP contribution >= 0.6 is 0 Å². The van der Waals surface area contributed by atoms with Crippen LogP contribution in [0, 0.1) is 5.92 Å². The first-order valence-electron chi connectivity index (χ1n) is 6.60. The minimum absolute atomic E-state index is 0.114. The van der Waals surface area contributed by atoms with Gasteiger partial charge in [0.2, 0.25) is 0 Å². The monoisotopic (exact) mass is 233 g/mol. The molecule has 0 bridgehead atoms. The summed E-state index contributed by atoms with van der Waals surface area (Å²) in [6, 6.07) is 0.666. The van der Waals surface area contributed by atoms with Gasteiger partial charge in [-0.05, 0) is 31.6 Å². The van der Waals surface area contributed by atoms with E-state index < -0.39 is 0 Å². The van der Waals surface area contributed by atoms with E-state index in [1.807, 2.05) is 12.5 Å². The van der Waals surface area contributed by atoms with E-state index in [1.54, 1.807) is 0 Å². The Morgan fingerprint density at radius 1 is 1.47 bits per heavy atom. The molecule has 2 unspecified atom stereocenters. The van der Waals surface area contributed by atoms with Gasteiger partial charge in [0.05, 0.1) is 12.0 Å². The van der Waals surface area contributed by atoms with Gasteiger partial charge in [-0.15, -0.1) is 0 Å². The largest absolute Gasteiger partial charge is 0.330 e. The molecular formula is C14H23N3. The zero-order valence-corrected chi connectivity index (χ0v) is 10.8. The van der Waals surface area contributed by atoms with Gasteiger partial charge in [0.15, 0.2) is 0 Å². The molecule has 0 aliphatic heterocycles. The molecule has 2 N–H and O–H groups in total. The Morgan fingerprint density at radius 2 is 2.29 bits per heavy atom. The lowest BCUT2D eigenvalue weighted by atomic mass is 9.99. The van der Waals surface area contributed by atoms with Gasteiger partial charge >= 0.3 is 0 Å². The molecule has 1 aliphatic rings. The molecular weight excluding hydrogens is 210 g/mol. The van der Waals surface area contributed by atoms with E-state index in [1.165, 1.54) is 18.5 Å². The highest BCUT2D eigenvalue weighted by atomic mass is 15.1. The van der Waals surface area contributed by atoms with Crippen molar-refractivity contribution in [3.8, 4) is 0 Å². The average molecular weight is 233 g/mol. The van der Waals surface area contributed by atoms with Gasteiger partial charge in [0.25, 0.3) is 0 Å². The molecule has 17 heavy (non-hydrogen) atoms. The maximum Gasteiger partial charge on any atom is 0.0951 e. The molecule has 0 fully saturated rings. The van der Waals surface area contributed by atoms with E-state index in [-0.39, 0.29) is 6.04 Å². The van der Waals surface area contributed by atoms with Crippen LogP contribution in [0.15, 0.2) is 24.7 Å². The maximum atomic E-state index is 6.27. The van der Waals surface area contributed by atoms with E-state index in [2.05, 4.69) is 35.6 Å². The predicted molar refractivity (Wildman–Crippen MR) is 70.6 cm³/mol. The Labute approximate surface area is 104 Å². The Kier molecular flexibility index (Phi) is 4.00. The molecule has 0 radical (unpaired) electrons. The fourth-order valence-electron chi connectivity index (χ4n) is 2.57. The van der Waals surface area contributed by atoms with Crippen molar-refractivity contribution in [3.05, 3.63) is 30.4 Å². The molecule has 1 aromatic rings. The van der Waals surface area contributed by atoms with Crippen molar-refractivity contribution in [3.63, 3.8) is 0 Å². The van der Waals surface area contributed by atoms with Crippen LogP contribution in [0.1, 0.15) is 57.3 Å². The smallest absolute Gasteiger partial charge is 0.0951 e. The highest BCUT2D eigenvalue weighted by molar-refractivity contribution is 5.08. The molecule has 0 spiro atoms. The van der Waals surface area contributed by atoms with Gasteiger partial charge in [-0.2, -0.15) is 0 Å². The second kappa shape index (κ2) is 5.50. The topological polar surface area (TPSA) is 43.8 Å². The van der Waals surface area contributed by atoms with Gasteiger partial charge in [0, 0.05) is 18.3 Å². The molecule has 0 aromatic carbocycles. The first-order valence-corrected chi connectivity index (χ1v) is 6.60. The number of nitrogens with zero attached hydrogens (tertiary/aromatic N) is 2. The van der Waals surface area contributed by atoms with Gasteiger partial charge in [0.1, 0.15) is 0 Å². The zero-order chi connectivity index (χ0) is 12.3. The van der Waals surface area contributed by atoms with Crippen LogP contribution in [-0.2, 0) is 0 Å². The highest BCUT2D eigenvalue weighted by Gasteiger charge is 2.19. The maximum absolute atomic E-state index is 6.27. The van der Waals surface area contributed by atoms with Crippen LogP contribution < -0.4 is 5.73 Å². The first-order chi connectivity index (χ1) is 8.18. The zero-order valence-electron chi connectivity index (χ0n) is 10.8. The lowest BCUT2D eigenvalue weighted by molar-refractivity contribution is 0.417. The predicted octanol–water partition coefficient (Wildman–Crippen LogP) is 3.21. The summed E-state index contributed by atoms with van der Waals surface area (Å²) in [7, 11) is 0. The Morgan fingerprint density at radius 3 is 2.94 bits per heavy atom. The Bertz CT molecular complexity index is 379. The summed E-state index contributed by atoms with van der Waals surface area (Å²) in [6.45, 7) is 4.42. The molecule has 2 rings (SSSR count). The standard InChI is InChI=1S/C14H23N3/c1-11(2)8-13(15)14-9-16-10-17(14)12-6-4-3-5-7-12/h3-4,9-13H,5-8,15H2,1-2H3. The minimum atomic E-state index is 0.114. The van der Waals surface area contributed by atoms with Crippen LogP contribution in [0.2, 0.25) is 0 Å². The van der Waals surface area contributed by atoms with Crippen molar-refractivity contribution in [2.45, 2.75) is 51.6 Å². The van der Waals surface area contributed by atoms with E-state index in [9.17, 15) is 0 Å². The van der Waals surface area contributed by atoms with Crippen molar-refractivity contribution >= 4 is 0 Å². The molecule has 0 amide bonds. The van der Waals surface area contributed by atoms with Crippen molar-refractivity contribution in [2.75, 3.05) is 0 Å². The third-order valence-corrected chi connectivity index (χ3v) is 3.44. The molecule has 3 nitrogen and oxygen atoms in total. The van der Waals surface area contributed by atoms with Crippen LogP contribution in [0.25, 0.3) is 0 Å². The molecule has 1 heterocycles. The van der Waals surface area contributed by atoms with Crippen LogP contribution in [-0.4, -0.2) is 9.55 Å². The second-order valence-electron chi connectivity index (χ2n) is 5.40. The summed E-state index contributed by atoms with van der Waals surface area (Å²) in [5.74, 6) is 0.625. The summed E-state index contributed by atoms with van der Waals surface area (Å²) in [6.07, 6.45) is 12.9. The number of hydrogen-bond donors (Lipinski definition) is 1. The minimum Gasteiger partial charge on any atom is -0.330 e. The number of aromatic nitrogens is 2. The number of imidazole rings is 1. The van der Waals surface area contributed by atoms with Gasteiger partial charge in [-0.1, -0.05) is 26.0 Å². The fraction of sp³-hybridized carbons (Fsp3) is 0.643. The second-order valence-corrected chi connectivity index (χ2v) is 5.40. The van der Waals surface area contributed by atoms with Crippen LogP contribution in [0.4, 0.5) is 0 Å². The SMILES string of the molecule is CC(C)CC(N)c1cncn1C1CC=CCC1. The van der Waals surface area contributed by atoms with Gasteiger partial charge in [-0.25, -0.2) is 4.98 Å². The van der Waals surface area contributed by atoms with Crippen molar-refractivity contribution in [2.24, 2.45) is 11.7 Å². The van der Waals surface area contributed by atoms with E-state index in [0.717, 1.165) is 12.8 Å². The first kappa shape index (κ1) is 12.4. The third kappa shape index (κ3) is 2.97. The van der Waals surface area contributed by atoms with Gasteiger partial charge in [-0.3, -0.25) is 0 Å². The summed E-state index contributed by atoms with van der Waals surface area (Å²) in [5, 5.41) is 0. The highest BCUT2D eigenvalue weighted by Crippen LogP contribution is 2.28. The molecule has 2 atom stereocenters. The molecule has 3 heteroatoms. The van der Waals surface area contributed by atoms with Crippen molar-refractivity contribution in [1.29, 1.82) is 0 Å². The summed E-state index contributed by atoms with van der Waals surface area (Å²) in [4.78, 5) is 4.28. The van der Waals surface area contributed by atoms with Gasteiger partial charge < -0.3 is 10.3 Å². The van der Waals surface area contributed by atoms with E-state index in [0.29, 0.717) is 12.0 Å². The summed E-state index contributed by atoms with van der Waals surface area (Å²) in [5.41, 5.74) is 7.46. The van der Waals surface area contributed by atoms with E-state index >= 15 is 0 Å². The number of hydrogen-bond acceptors (Lipinski definition) is 2. The number of allylic oxidation sites excluding steroid dienone is 2. The Balaban J connectivity index is 2.13. The van der Waals surface area contributed by atoms with Crippen LogP contribution in [0.5, 0.6) is 0 Å². The summed E-state index contributed by atoms with van der Waals surface area (Å²) < 4.78 is 2.29. The quantitative estimate of drug-likeness (QED) is 0.811. The molecule has 1 aromatic heterocycles. The third-order valence-electron chi connectivity index (χ3n) is 3.44. The molecule has 0 saturated carbocycles. The summed E-state index contributed by atoms with van der Waals surface area (Å²) >= 11 is 0. The lowest BCUT2D eigenvalue weighted by Gasteiger charge is -2.24. The molecule has 1 aliphatic carbocycles. The van der Waals surface area contributed by atoms with Crippen molar-refractivity contribution in [1.82, 2.24) is 9.55 Å².